The molecular formula is C15H17IN2. The lowest BCUT2D eigenvalue weighted by Gasteiger charge is -2.21. The van der Waals surface area contributed by atoms with Gasteiger partial charge in [-0.1, -0.05) is 29.8 Å². The van der Waals surface area contributed by atoms with Crippen molar-refractivity contribution in [1.82, 2.24) is 0 Å². The summed E-state index contributed by atoms with van der Waals surface area (Å²) in [4.78, 5) is 2.25. The Balaban J connectivity index is 2.19. The van der Waals surface area contributed by atoms with Crippen molar-refractivity contribution >= 4 is 34.0 Å². The van der Waals surface area contributed by atoms with Gasteiger partial charge in [0.1, 0.15) is 0 Å². The van der Waals surface area contributed by atoms with Crippen molar-refractivity contribution in [2.24, 2.45) is 0 Å². The maximum absolute atomic E-state index is 5.78. The highest BCUT2D eigenvalue weighted by Crippen LogP contribution is 2.25. The Morgan fingerprint density at radius 2 is 1.94 bits per heavy atom. The van der Waals surface area contributed by atoms with Crippen LogP contribution >= 0.6 is 22.6 Å². The molecule has 0 bridgehead atoms. The molecule has 0 aliphatic heterocycles. The number of anilines is 2. The highest BCUT2D eigenvalue weighted by Gasteiger charge is 2.06. The fraction of sp³-hybridized carbons (Fsp3) is 0.200. The lowest BCUT2D eigenvalue weighted by Crippen LogP contribution is -2.17. The molecule has 94 valence electrons. The molecule has 0 saturated heterocycles. The lowest BCUT2D eigenvalue weighted by molar-refractivity contribution is 0.918. The summed E-state index contributed by atoms with van der Waals surface area (Å²) in [6.45, 7) is 3.03. The smallest absolute Gasteiger partial charge is 0.0503 e. The van der Waals surface area contributed by atoms with Crippen molar-refractivity contribution in [3.8, 4) is 0 Å². The van der Waals surface area contributed by atoms with Crippen LogP contribution in [0.2, 0.25) is 0 Å². The predicted molar refractivity (Wildman–Crippen MR) is 86.9 cm³/mol. The predicted octanol–water partition coefficient (Wildman–Crippen LogP) is 3.82. The highest BCUT2D eigenvalue weighted by molar-refractivity contribution is 14.1. The van der Waals surface area contributed by atoms with E-state index in [1.807, 2.05) is 12.1 Å². The molecule has 2 N–H and O–H groups in total. The second kappa shape index (κ2) is 5.61. The molecule has 0 heterocycles. The molecule has 18 heavy (non-hydrogen) atoms. The van der Waals surface area contributed by atoms with E-state index in [-0.39, 0.29) is 0 Å². The van der Waals surface area contributed by atoms with E-state index in [1.165, 1.54) is 20.4 Å². The SMILES string of the molecule is Cc1cccc(CN(C)c2ccc(N)cc2I)c1. The third-order valence-corrected chi connectivity index (χ3v) is 3.75. The van der Waals surface area contributed by atoms with Crippen LogP contribution in [0.25, 0.3) is 0 Å². The quantitative estimate of drug-likeness (QED) is 0.672. The number of halogens is 1. The van der Waals surface area contributed by atoms with Gasteiger partial charge in [-0.25, -0.2) is 0 Å². The van der Waals surface area contributed by atoms with Gasteiger partial charge in [0.05, 0.1) is 5.69 Å². The van der Waals surface area contributed by atoms with Gasteiger partial charge in [-0.3, -0.25) is 0 Å². The monoisotopic (exact) mass is 352 g/mol. The van der Waals surface area contributed by atoms with Gasteiger partial charge in [-0.15, -0.1) is 0 Å². The van der Waals surface area contributed by atoms with Crippen molar-refractivity contribution in [3.05, 3.63) is 57.2 Å². The van der Waals surface area contributed by atoms with E-state index in [1.54, 1.807) is 0 Å². The number of aryl methyl sites for hydroxylation is 1. The van der Waals surface area contributed by atoms with Gasteiger partial charge >= 0.3 is 0 Å². The van der Waals surface area contributed by atoms with Crippen molar-refractivity contribution in [2.75, 3.05) is 17.7 Å². The zero-order valence-corrected chi connectivity index (χ0v) is 12.8. The Morgan fingerprint density at radius 3 is 2.61 bits per heavy atom. The molecule has 0 fully saturated rings. The maximum Gasteiger partial charge on any atom is 0.0503 e. The molecule has 0 amide bonds. The Labute approximate surface area is 122 Å². The van der Waals surface area contributed by atoms with Gasteiger partial charge in [0.25, 0.3) is 0 Å². The normalized spacial score (nSPS) is 10.4. The number of rotatable bonds is 3. The van der Waals surface area contributed by atoms with E-state index in [0.717, 1.165) is 12.2 Å². The number of nitrogens with zero attached hydrogens (tertiary/aromatic N) is 1. The Hall–Kier alpha value is -1.23. The molecule has 0 spiro atoms. The zero-order chi connectivity index (χ0) is 13.1. The van der Waals surface area contributed by atoms with E-state index in [0.29, 0.717) is 0 Å². The van der Waals surface area contributed by atoms with E-state index in [4.69, 9.17) is 5.73 Å². The minimum Gasteiger partial charge on any atom is -0.399 e. The number of hydrogen-bond acceptors (Lipinski definition) is 2. The van der Waals surface area contributed by atoms with Gasteiger partial charge in [-0.05, 0) is 53.3 Å². The van der Waals surface area contributed by atoms with Crippen LogP contribution < -0.4 is 10.6 Å². The number of nitrogen functional groups attached to an aromatic ring is 1. The minimum absolute atomic E-state index is 0.812. The summed E-state index contributed by atoms with van der Waals surface area (Å²) in [5, 5.41) is 0. The number of hydrogen-bond donors (Lipinski definition) is 1. The largest absolute Gasteiger partial charge is 0.399 e. The van der Waals surface area contributed by atoms with Crippen LogP contribution in [0.5, 0.6) is 0 Å². The lowest BCUT2D eigenvalue weighted by atomic mass is 10.1. The Kier molecular flexibility index (Phi) is 4.11. The van der Waals surface area contributed by atoms with Crippen molar-refractivity contribution in [3.63, 3.8) is 0 Å². The Bertz CT molecular complexity index is 552. The van der Waals surface area contributed by atoms with E-state index in [2.05, 4.69) is 71.8 Å². The molecule has 2 rings (SSSR count). The topological polar surface area (TPSA) is 29.3 Å². The van der Waals surface area contributed by atoms with Crippen LogP contribution in [0.1, 0.15) is 11.1 Å². The first kappa shape index (κ1) is 13.2. The molecule has 0 atom stereocenters. The maximum atomic E-state index is 5.78. The average Bonchev–Trinajstić information content (AvgIpc) is 2.28. The molecule has 0 unspecified atom stereocenters. The fourth-order valence-electron chi connectivity index (χ4n) is 2.00. The molecule has 0 saturated carbocycles. The first-order valence-corrected chi connectivity index (χ1v) is 6.96. The van der Waals surface area contributed by atoms with Gasteiger partial charge in [0.2, 0.25) is 0 Å². The first-order valence-electron chi connectivity index (χ1n) is 5.88. The van der Waals surface area contributed by atoms with Gasteiger partial charge < -0.3 is 10.6 Å². The minimum atomic E-state index is 0.812. The summed E-state index contributed by atoms with van der Waals surface area (Å²) in [6, 6.07) is 14.6. The molecular weight excluding hydrogens is 335 g/mol. The van der Waals surface area contributed by atoms with Gasteiger partial charge in [0.15, 0.2) is 0 Å². The highest BCUT2D eigenvalue weighted by atomic mass is 127. The molecule has 0 aromatic heterocycles. The third kappa shape index (κ3) is 3.16. The third-order valence-electron chi connectivity index (χ3n) is 2.89. The second-order valence-electron chi connectivity index (χ2n) is 4.56. The number of nitrogens with two attached hydrogens (primary N) is 1. The van der Waals surface area contributed by atoms with Gasteiger partial charge in [0, 0.05) is 22.8 Å². The van der Waals surface area contributed by atoms with Crippen LogP contribution in [-0.4, -0.2) is 7.05 Å². The van der Waals surface area contributed by atoms with Crippen LogP contribution in [-0.2, 0) is 6.54 Å². The Morgan fingerprint density at radius 1 is 1.17 bits per heavy atom. The van der Waals surface area contributed by atoms with Gasteiger partial charge in [-0.2, -0.15) is 0 Å². The summed E-state index contributed by atoms with van der Waals surface area (Å²) >= 11 is 2.33. The summed E-state index contributed by atoms with van der Waals surface area (Å²) < 4.78 is 1.18. The van der Waals surface area contributed by atoms with E-state index in [9.17, 15) is 0 Å². The van der Waals surface area contributed by atoms with Crippen LogP contribution in [0.3, 0.4) is 0 Å². The van der Waals surface area contributed by atoms with Crippen LogP contribution in [0, 0.1) is 10.5 Å². The molecule has 2 aromatic carbocycles. The van der Waals surface area contributed by atoms with Crippen molar-refractivity contribution in [1.29, 1.82) is 0 Å². The first-order chi connectivity index (χ1) is 8.56. The van der Waals surface area contributed by atoms with Crippen molar-refractivity contribution < 1.29 is 0 Å². The van der Waals surface area contributed by atoms with E-state index < -0.39 is 0 Å². The average molecular weight is 352 g/mol. The summed E-state index contributed by atoms with van der Waals surface area (Å²) in [7, 11) is 2.11. The summed E-state index contributed by atoms with van der Waals surface area (Å²) in [6.07, 6.45) is 0. The van der Waals surface area contributed by atoms with Crippen molar-refractivity contribution in [2.45, 2.75) is 13.5 Å². The molecule has 0 aliphatic carbocycles. The zero-order valence-electron chi connectivity index (χ0n) is 10.7. The molecule has 2 nitrogen and oxygen atoms in total. The second-order valence-corrected chi connectivity index (χ2v) is 5.72. The fourth-order valence-corrected chi connectivity index (χ4v) is 2.95. The summed E-state index contributed by atoms with van der Waals surface area (Å²) in [5.74, 6) is 0. The molecule has 0 radical (unpaired) electrons. The molecule has 2 aromatic rings. The summed E-state index contributed by atoms with van der Waals surface area (Å²) in [5.41, 5.74) is 10.4. The standard InChI is InChI=1S/C15H17IN2/c1-11-4-3-5-12(8-11)10-18(2)15-7-6-13(17)9-14(15)16/h3-9H,10,17H2,1-2H3. The molecule has 0 aliphatic rings. The molecule has 3 heteroatoms. The number of benzene rings is 2. The van der Waals surface area contributed by atoms with Crippen LogP contribution in [0.4, 0.5) is 11.4 Å². The van der Waals surface area contributed by atoms with E-state index >= 15 is 0 Å². The van der Waals surface area contributed by atoms with Crippen LogP contribution in [0.15, 0.2) is 42.5 Å².